The number of carbonyl (C=O) groups excluding carboxylic acids is 1. The third-order valence-electron chi connectivity index (χ3n) is 4.48. The molecule has 0 amide bonds. The Balaban J connectivity index is 2.12. The number of aliphatic hydroxyl groups is 1. The summed E-state index contributed by atoms with van der Waals surface area (Å²) in [5.74, 6) is 0.879. The number of para-hydroxylation sites is 1. The second-order valence-corrected chi connectivity index (χ2v) is 6.65. The fourth-order valence-corrected chi connectivity index (χ4v) is 3.26. The van der Waals surface area contributed by atoms with Gasteiger partial charge in [0.1, 0.15) is 11.9 Å². The highest BCUT2D eigenvalue weighted by atomic mass is 35.5. The molecule has 0 fully saturated rings. The molecule has 3 rings (SSSR count). The fraction of sp³-hybridized carbons (Fsp3) is 0.182. The third kappa shape index (κ3) is 4.32. The Morgan fingerprint density at radius 1 is 1.17 bits per heavy atom. The molecule has 0 saturated carbocycles. The van der Waals surface area contributed by atoms with Crippen LogP contribution in [0.15, 0.2) is 54.9 Å². The van der Waals surface area contributed by atoms with Crippen molar-refractivity contribution in [3.05, 3.63) is 76.7 Å². The second kappa shape index (κ2) is 9.47. The van der Waals surface area contributed by atoms with Gasteiger partial charge in [0.15, 0.2) is 11.5 Å². The lowest BCUT2D eigenvalue weighted by Crippen LogP contribution is -2.10. The Kier molecular flexibility index (Phi) is 6.76. The van der Waals surface area contributed by atoms with E-state index in [0.29, 0.717) is 39.2 Å². The van der Waals surface area contributed by atoms with Gasteiger partial charge in [-0.05, 0) is 30.3 Å². The molecule has 0 bridgehead atoms. The Bertz CT molecular complexity index is 1080. The topological polar surface area (TPSA) is 82.8 Å². The number of hydrogen-bond donors (Lipinski definition) is 1. The maximum Gasteiger partial charge on any atom is 0.330 e. The number of rotatable bonds is 7. The van der Waals surface area contributed by atoms with E-state index in [9.17, 15) is 9.90 Å². The van der Waals surface area contributed by atoms with Crippen LogP contribution in [0.4, 0.5) is 0 Å². The quantitative estimate of drug-likeness (QED) is 0.455. The van der Waals surface area contributed by atoms with Crippen LogP contribution in [0.5, 0.6) is 11.5 Å². The number of nitrogens with zero attached hydrogens (tertiary/aromatic N) is 2. The van der Waals surface area contributed by atoms with Crippen LogP contribution in [0, 0.1) is 0 Å². The summed E-state index contributed by atoms with van der Waals surface area (Å²) >= 11 is 6.19. The van der Waals surface area contributed by atoms with Crippen molar-refractivity contribution in [1.82, 2.24) is 9.55 Å². The first-order valence-electron chi connectivity index (χ1n) is 8.98. The molecule has 1 aromatic carbocycles. The Labute approximate surface area is 179 Å². The lowest BCUT2D eigenvalue weighted by Gasteiger charge is -2.20. The standard InChI is InChI=1S/C22H21ClN2O5/c1-28-18-8-4-7-16(21(18)30-3)20(27)17-12-14(23)13-24-22(17)25-11-5-6-15(25)9-10-19(26)29-2/h4-13,20,27H,1-3H3. The van der Waals surface area contributed by atoms with Gasteiger partial charge in [-0.1, -0.05) is 23.7 Å². The lowest BCUT2D eigenvalue weighted by molar-refractivity contribution is -0.134. The largest absolute Gasteiger partial charge is 0.493 e. The molecule has 0 aliphatic heterocycles. The summed E-state index contributed by atoms with van der Waals surface area (Å²) in [5, 5.41) is 11.6. The van der Waals surface area contributed by atoms with Gasteiger partial charge in [0.05, 0.1) is 26.4 Å². The van der Waals surface area contributed by atoms with Gasteiger partial charge >= 0.3 is 5.97 Å². The summed E-state index contributed by atoms with van der Waals surface area (Å²) in [7, 11) is 4.34. The van der Waals surface area contributed by atoms with Crippen molar-refractivity contribution in [2.75, 3.05) is 21.3 Å². The highest BCUT2D eigenvalue weighted by molar-refractivity contribution is 6.30. The first kappa shape index (κ1) is 21.4. The summed E-state index contributed by atoms with van der Waals surface area (Å²) in [4.78, 5) is 15.9. The van der Waals surface area contributed by atoms with Crippen molar-refractivity contribution in [2.45, 2.75) is 6.10 Å². The number of esters is 1. The minimum atomic E-state index is -1.10. The van der Waals surface area contributed by atoms with Gasteiger partial charge in [0.2, 0.25) is 0 Å². The van der Waals surface area contributed by atoms with Crippen molar-refractivity contribution in [2.24, 2.45) is 0 Å². The average Bonchev–Trinajstić information content (AvgIpc) is 3.24. The van der Waals surface area contributed by atoms with Gasteiger partial charge in [-0.25, -0.2) is 9.78 Å². The molecule has 1 N–H and O–H groups in total. The highest BCUT2D eigenvalue weighted by Crippen LogP contribution is 2.39. The maximum absolute atomic E-state index is 11.5. The Morgan fingerprint density at radius 2 is 1.97 bits per heavy atom. The molecule has 0 radical (unpaired) electrons. The number of halogens is 1. The average molecular weight is 429 g/mol. The lowest BCUT2D eigenvalue weighted by atomic mass is 10.0. The molecule has 7 nitrogen and oxygen atoms in total. The second-order valence-electron chi connectivity index (χ2n) is 6.21. The molecular weight excluding hydrogens is 408 g/mol. The van der Waals surface area contributed by atoms with Crippen molar-refractivity contribution in [3.63, 3.8) is 0 Å². The van der Waals surface area contributed by atoms with Gasteiger partial charge in [0.25, 0.3) is 0 Å². The molecule has 1 unspecified atom stereocenters. The van der Waals surface area contributed by atoms with Gasteiger partial charge in [-0.3, -0.25) is 0 Å². The molecule has 1 atom stereocenters. The fourth-order valence-electron chi connectivity index (χ4n) is 3.09. The zero-order valence-corrected chi connectivity index (χ0v) is 17.5. The summed E-state index contributed by atoms with van der Waals surface area (Å²) in [6.45, 7) is 0. The van der Waals surface area contributed by atoms with Crippen LogP contribution in [0.1, 0.15) is 22.9 Å². The van der Waals surface area contributed by atoms with Crippen molar-refractivity contribution < 1.29 is 24.1 Å². The van der Waals surface area contributed by atoms with E-state index in [-0.39, 0.29) is 0 Å². The summed E-state index contributed by atoms with van der Waals surface area (Å²) < 4.78 is 17.2. The molecule has 156 valence electrons. The third-order valence-corrected chi connectivity index (χ3v) is 4.69. The maximum atomic E-state index is 11.5. The molecule has 30 heavy (non-hydrogen) atoms. The molecule has 3 aromatic rings. The molecule has 0 saturated heterocycles. The monoisotopic (exact) mass is 428 g/mol. The van der Waals surface area contributed by atoms with Gasteiger partial charge < -0.3 is 23.9 Å². The molecule has 2 aromatic heterocycles. The van der Waals surface area contributed by atoms with Crippen LogP contribution in [0.3, 0.4) is 0 Å². The molecule has 0 aliphatic rings. The van der Waals surface area contributed by atoms with Crippen LogP contribution in [0.2, 0.25) is 5.02 Å². The van der Waals surface area contributed by atoms with Gasteiger partial charge in [-0.15, -0.1) is 0 Å². The van der Waals surface area contributed by atoms with Crippen LogP contribution in [0.25, 0.3) is 11.9 Å². The molecule has 0 aliphatic carbocycles. The smallest absolute Gasteiger partial charge is 0.330 e. The predicted octanol–water partition coefficient (Wildman–Crippen LogP) is 3.81. The van der Waals surface area contributed by atoms with E-state index in [1.807, 2.05) is 0 Å². The van der Waals surface area contributed by atoms with E-state index in [2.05, 4.69) is 9.72 Å². The molecule has 8 heteroatoms. The predicted molar refractivity (Wildman–Crippen MR) is 113 cm³/mol. The van der Waals surface area contributed by atoms with E-state index in [0.717, 1.165) is 0 Å². The highest BCUT2D eigenvalue weighted by Gasteiger charge is 2.23. The van der Waals surface area contributed by atoms with E-state index >= 15 is 0 Å². The number of hydrogen-bond acceptors (Lipinski definition) is 6. The van der Waals surface area contributed by atoms with Crippen molar-refractivity contribution in [1.29, 1.82) is 0 Å². The summed E-state index contributed by atoms with van der Waals surface area (Å²) in [6, 6.07) is 10.5. The number of ether oxygens (including phenoxy) is 3. The number of methoxy groups -OCH3 is 3. The van der Waals surface area contributed by atoms with Crippen LogP contribution >= 0.6 is 11.6 Å². The van der Waals surface area contributed by atoms with Crippen LogP contribution < -0.4 is 9.47 Å². The first-order chi connectivity index (χ1) is 14.5. The van der Waals surface area contributed by atoms with Crippen LogP contribution in [-0.4, -0.2) is 42.0 Å². The molecule has 0 spiro atoms. The SMILES string of the molecule is COC(=O)C=Cc1cccn1-c1ncc(Cl)cc1C(O)c1cccc(OC)c1OC. The van der Waals surface area contributed by atoms with Gasteiger partial charge in [0, 0.05) is 35.3 Å². The molecule has 2 heterocycles. The van der Waals surface area contributed by atoms with Crippen LogP contribution in [-0.2, 0) is 9.53 Å². The minimum Gasteiger partial charge on any atom is -0.493 e. The van der Waals surface area contributed by atoms with E-state index in [1.165, 1.54) is 33.6 Å². The summed E-state index contributed by atoms with van der Waals surface area (Å²) in [5.41, 5.74) is 1.63. The normalized spacial score (nSPS) is 12.0. The Hall–Kier alpha value is -3.29. The van der Waals surface area contributed by atoms with E-state index < -0.39 is 12.1 Å². The zero-order chi connectivity index (χ0) is 21.7. The zero-order valence-electron chi connectivity index (χ0n) is 16.7. The number of aromatic nitrogens is 2. The van der Waals surface area contributed by atoms with E-state index in [1.54, 1.807) is 53.2 Å². The number of aliphatic hydroxyl groups excluding tert-OH is 1. The minimum absolute atomic E-state index is 0.369. The molecular formula is C22H21ClN2O5. The number of pyridine rings is 1. The van der Waals surface area contributed by atoms with Crippen molar-refractivity contribution >= 4 is 23.6 Å². The van der Waals surface area contributed by atoms with Crippen molar-refractivity contribution in [3.8, 4) is 17.3 Å². The Morgan fingerprint density at radius 3 is 2.67 bits per heavy atom. The van der Waals surface area contributed by atoms with E-state index in [4.69, 9.17) is 21.1 Å². The first-order valence-corrected chi connectivity index (χ1v) is 9.36. The number of carbonyl (C=O) groups is 1. The summed E-state index contributed by atoms with van der Waals surface area (Å²) in [6.07, 6.45) is 5.07. The number of benzene rings is 1. The van der Waals surface area contributed by atoms with Gasteiger partial charge in [-0.2, -0.15) is 0 Å².